The number of hydrogen-bond donors (Lipinski definition) is 1. The summed E-state index contributed by atoms with van der Waals surface area (Å²) in [7, 11) is 0. The van der Waals surface area contributed by atoms with Gasteiger partial charge in [-0.3, -0.25) is 0 Å². The fourth-order valence-electron chi connectivity index (χ4n) is 2.48. The zero-order chi connectivity index (χ0) is 14.2. The Morgan fingerprint density at radius 2 is 2.33 bits per heavy atom. The van der Waals surface area contributed by atoms with E-state index in [0.29, 0.717) is 10.8 Å². The standard InChI is InChI=1S/C14H12ClN5S/c15-10-3-1-2-9(8-10)12-18-14-17-5-4-11(20(14)19-12)13-16-6-7-21-13/h1-3,6-8,11H,4-5H2,(H,17,18,19). The van der Waals surface area contributed by atoms with Crippen LogP contribution in [0, 0.1) is 0 Å². The molecule has 21 heavy (non-hydrogen) atoms. The summed E-state index contributed by atoms with van der Waals surface area (Å²) < 4.78 is 1.93. The van der Waals surface area contributed by atoms with Gasteiger partial charge >= 0.3 is 0 Å². The second kappa shape index (κ2) is 5.13. The molecule has 1 unspecified atom stereocenters. The molecule has 0 radical (unpaired) electrons. The van der Waals surface area contributed by atoms with Gasteiger partial charge < -0.3 is 5.32 Å². The molecular formula is C14H12ClN5S. The first kappa shape index (κ1) is 12.8. The second-order valence-electron chi connectivity index (χ2n) is 4.82. The summed E-state index contributed by atoms with van der Waals surface area (Å²) in [5, 5.41) is 11.7. The normalized spacial score (nSPS) is 17.3. The highest BCUT2D eigenvalue weighted by atomic mass is 35.5. The summed E-state index contributed by atoms with van der Waals surface area (Å²) in [5.41, 5.74) is 0.920. The number of nitrogens with zero attached hydrogens (tertiary/aromatic N) is 4. The third-order valence-electron chi connectivity index (χ3n) is 3.45. The predicted molar refractivity (Wildman–Crippen MR) is 83.8 cm³/mol. The fraction of sp³-hybridized carbons (Fsp3) is 0.214. The minimum Gasteiger partial charge on any atom is -0.354 e. The Labute approximate surface area is 130 Å². The first-order chi connectivity index (χ1) is 10.3. The molecule has 3 aromatic rings. The first-order valence-corrected chi connectivity index (χ1v) is 7.93. The van der Waals surface area contributed by atoms with Crippen LogP contribution in [-0.2, 0) is 0 Å². The summed E-state index contributed by atoms with van der Waals surface area (Å²) in [5.74, 6) is 1.47. The highest BCUT2D eigenvalue weighted by Gasteiger charge is 2.26. The molecule has 0 saturated heterocycles. The lowest BCUT2D eigenvalue weighted by molar-refractivity contribution is 0.479. The first-order valence-electron chi connectivity index (χ1n) is 6.67. The minimum atomic E-state index is 0.154. The van der Waals surface area contributed by atoms with E-state index < -0.39 is 0 Å². The third kappa shape index (κ3) is 2.30. The minimum absolute atomic E-state index is 0.154. The van der Waals surface area contributed by atoms with Crippen LogP contribution in [0.25, 0.3) is 11.4 Å². The van der Waals surface area contributed by atoms with Crippen LogP contribution in [0.5, 0.6) is 0 Å². The highest BCUT2D eigenvalue weighted by Crippen LogP contribution is 2.31. The fourth-order valence-corrected chi connectivity index (χ4v) is 3.43. The van der Waals surface area contributed by atoms with E-state index in [1.54, 1.807) is 11.3 Å². The van der Waals surface area contributed by atoms with E-state index in [1.165, 1.54) is 0 Å². The van der Waals surface area contributed by atoms with Crippen molar-refractivity contribution in [2.75, 3.05) is 11.9 Å². The molecule has 0 fully saturated rings. The van der Waals surface area contributed by atoms with Gasteiger partial charge in [0.2, 0.25) is 5.95 Å². The van der Waals surface area contributed by atoms with Crippen LogP contribution in [0.4, 0.5) is 5.95 Å². The zero-order valence-corrected chi connectivity index (χ0v) is 12.6. The van der Waals surface area contributed by atoms with E-state index in [2.05, 4.69) is 20.4 Å². The number of benzene rings is 1. The zero-order valence-electron chi connectivity index (χ0n) is 11.0. The van der Waals surface area contributed by atoms with E-state index in [4.69, 9.17) is 11.6 Å². The largest absolute Gasteiger partial charge is 0.354 e. The lowest BCUT2D eigenvalue weighted by Crippen LogP contribution is -2.24. The summed E-state index contributed by atoms with van der Waals surface area (Å²) in [6.45, 7) is 0.873. The molecule has 3 heterocycles. The van der Waals surface area contributed by atoms with Crippen molar-refractivity contribution in [2.24, 2.45) is 0 Å². The summed E-state index contributed by atoms with van der Waals surface area (Å²) in [4.78, 5) is 9.00. The van der Waals surface area contributed by atoms with Crippen molar-refractivity contribution in [2.45, 2.75) is 12.5 Å². The quantitative estimate of drug-likeness (QED) is 0.786. The summed E-state index contributed by atoms with van der Waals surface area (Å²) in [6.07, 6.45) is 2.79. The average molecular weight is 318 g/mol. The molecule has 4 rings (SSSR count). The Hall–Kier alpha value is -1.92. The number of hydrogen-bond acceptors (Lipinski definition) is 5. The van der Waals surface area contributed by atoms with Gasteiger partial charge in [-0.25, -0.2) is 9.67 Å². The van der Waals surface area contributed by atoms with Gasteiger partial charge in [0, 0.05) is 28.7 Å². The maximum absolute atomic E-state index is 6.05. The summed E-state index contributed by atoms with van der Waals surface area (Å²) >= 11 is 7.70. The van der Waals surface area contributed by atoms with E-state index in [0.717, 1.165) is 29.5 Å². The molecule has 0 aliphatic carbocycles. The lowest BCUT2D eigenvalue weighted by atomic mass is 10.2. The van der Waals surface area contributed by atoms with Gasteiger partial charge in [-0.2, -0.15) is 4.98 Å². The third-order valence-corrected chi connectivity index (χ3v) is 4.56. The summed E-state index contributed by atoms with van der Waals surface area (Å²) in [6, 6.07) is 7.75. The number of nitrogens with one attached hydrogen (secondary N) is 1. The van der Waals surface area contributed by atoms with Crippen molar-refractivity contribution in [3.05, 3.63) is 45.9 Å². The predicted octanol–water partition coefficient (Wildman–Crippen LogP) is 3.46. The van der Waals surface area contributed by atoms with Crippen LogP contribution in [0.2, 0.25) is 5.02 Å². The molecule has 1 aromatic carbocycles. The Balaban J connectivity index is 1.77. The molecule has 106 valence electrons. The van der Waals surface area contributed by atoms with Crippen molar-refractivity contribution in [1.29, 1.82) is 0 Å². The topological polar surface area (TPSA) is 55.6 Å². The second-order valence-corrected chi connectivity index (χ2v) is 6.18. The molecule has 1 N–H and O–H groups in total. The molecule has 1 atom stereocenters. The molecular weight excluding hydrogens is 306 g/mol. The number of anilines is 1. The van der Waals surface area contributed by atoms with E-state index in [1.807, 2.05) is 40.5 Å². The smallest absolute Gasteiger partial charge is 0.222 e. The van der Waals surface area contributed by atoms with Crippen LogP contribution < -0.4 is 5.32 Å². The maximum atomic E-state index is 6.05. The molecule has 0 amide bonds. The van der Waals surface area contributed by atoms with Gasteiger partial charge in [0.1, 0.15) is 11.0 Å². The average Bonchev–Trinajstić information content (AvgIpc) is 3.16. The van der Waals surface area contributed by atoms with Gasteiger partial charge in [0.15, 0.2) is 5.82 Å². The number of fused-ring (bicyclic) bond motifs is 1. The number of halogens is 1. The number of aromatic nitrogens is 4. The maximum Gasteiger partial charge on any atom is 0.222 e. The van der Waals surface area contributed by atoms with Crippen molar-refractivity contribution in [1.82, 2.24) is 19.7 Å². The number of rotatable bonds is 2. The Morgan fingerprint density at radius 3 is 3.14 bits per heavy atom. The lowest BCUT2D eigenvalue weighted by Gasteiger charge is -2.22. The molecule has 2 aromatic heterocycles. The van der Waals surface area contributed by atoms with E-state index in [9.17, 15) is 0 Å². The van der Waals surface area contributed by atoms with Crippen LogP contribution in [0.15, 0.2) is 35.8 Å². The molecule has 0 saturated carbocycles. The molecule has 0 spiro atoms. The van der Waals surface area contributed by atoms with Crippen molar-refractivity contribution >= 4 is 28.9 Å². The van der Waals surface area contributed by atoms with Gasteiger partial charge in [-0.05, 0) is 18.6 Å². The van der Waals surface area contributed by atoms with Gasteiger partial charge in [-0.1, -0.05) is 23.7 Å². The van der Waals surface area contributed by atoms with Gasteiger partial charge in [0.25, 0.3) is 0 Å². The number of thiazole rings is 1. The molecule has 1 aliphatic rings. The van der Waals surface area contributed by atoms with Crippen LogP contribution in [0.1, 0.15) is 17.5 Å². The Bertz CT molecular complexity index is 768. The molecule has 7 heteroatoms. The Morgan fingerprint density at radius 1 is 1.38 bits per heavy atom. The van der Waals surface area contributed by atoms with Gasteiger partial charge in [-0.15, -0.1) is 16.4 Å². The molecule has 5 nitrogen and oxygen atoms in total. The molecule has 1 aliphatic heterocycles. The van der Waals surface area contributed by atoms with E-state index >= 15 is 0 Å². The highest BCUT2D eigenvalue weighted by molar-refractivity contribution is 7.09. The van der Waals surface area contributed by atoms with Crippen LogP contribution in [-0.4, -0.2) is 26.3 Å². The molecule has 0 bridgehead atoms. The monoisotopic (exact) mass is 317 g/mol. The van der Waals surface area contributed by atoms with E-state index in [-0.39, 0.29) is 6.04 Å². The van der Waals surface area contributed by atoms with Crippen LogP contribution in [0.3, 0.4) is 0 Å². The van der Waals surface area contributed by atoms with Crippen molar-refractivity contribution < 1.29 is 0 Å². The van der Waals surface area contributed by atoms with Crippen molar-refractivity contribution in [3.8, 4) is 11.4 Å². The van der Waals surface area contributed by atoms with Crippen molar-refractivity contribution in [3.63, 3.8) is 0 Å². The Kier molecular flexibility index (Phi) is 3.12. The van der Waals surface area contributed by atoms with Crippen LogP contribution >= 0.6 is 22.9 Å². The van der Waals surface area contributed by atoms with Gasteiger partial charge in [0.05, 0.1) is 0 Å². The SMILES string of the molecule is Clc1cccc(-c2nc3n(n2)C(c2nccs2)CCN3)c1.